The summed E-state index contributed by atoms with van der Waals surface area (Å²) in [6.45, 7) is 1.47. The third kappa shape index (κ3) is 2.21. The van der Waals surface area contributed by atoms with E-state index in [0.29, 0.717) is 6.54 Å². The molecule has 0 aromatic carbocycles. The van der Waals surface area contributed by atoms with Gasteiger partial charge < -0.3 is 5.32 Å². The monoisotopic (exact) mass is 239 g/mol. The van der Waals surface area contributed by atoms with Crippen molar-refractivity contribution in [3.63, 3.8) is 0 Å². The maximum Gasteiger partial charge on any atom is 0.0769 e. The number of nitrogens with one attached hydrogen (secondary N) is 1. The molecule has 0 fully saturated rings. The summed E-state index contributed by atoms with van der Waals surface area (Å²) in [5.74, 6) is 0. The van der Waals surface area contributed by atoms with Gasteiger partial charge in [0.05, 0.1) is 17.4 Å². The van der Waals surface area contributed by atoms with Gasteiger partial charge in [0.15, 0.2) is 0 Å². The number of aromatic nitrogens is 4. The van der Waals surface area contributed by atoms with Crippen molar-refractivity contribution in [2.75, 3.05) is 0 Å². The topological polar surface area (TPSA) is 55.1 Å². The Morgan fingerprint density at radius 1 is 1.11 bits per heavy atom. The van der Waals surface area contributed by atoms with Gasteiger partial charge in [-0.2, -0.15) is 15.3 Å². The summed E-state index contributed by atoms with van der Waals surface area (Å²) in [4.78, 5) is 0. The van der Waals surface area contributed by atoms with Crippen LogP contribution in [0.2, 0.25) is 0 Å². The van der Waals surface area contributed by atoms with Crippen LogP contribution in [0.15, 0.2) is 48.9 Å². The first kappa shape index (κ1) is 10.9. The summed E-state index contributed by atoms with van der Waals surface area (Å²) in [5, 5.41) is 15.5. The van der Waals surface area contributed by atoms with E-state index in [1.165, 1.54) is 5.56 Å². The lowest BCUT2D eigenvalue weighted by atomic mass is 10.2. The first-order chi connectivity index (χ1) is 8.93. The second kappa shape index (κ2) is 4.93. The molecule has 0 aliphatic rings. The fourth-order valence-electron chi connectivity index (χ4n) is 1.88. The van der Waals surface area contributed by atoms with Crippen molar-refractivity contribution >= 4 is 5.52 Å². The first-order valence-electron chi connectivity index (χ1n) is 5.82. The van der Waals surface area contributed by atoms with Crippen LogP contribution >= 0.6 is 0 Å². The van der Waals surface area contributed by atoms with E-state index in [2.05, 4.69) is 26.7 Å². The Balaban J connectivity index is 1.67. The lowest BCUT2D eigenvalue weighted by Gasteiger charge is -2.02. The molecular formula is C13H13N5. The Kier molecular flexibility index (Phi) is 2.97. The summed E-state index contributed by atoms with van der Waals surface area (Å²) < 4.78 is 1.87. The van der Waals surface area contributed by atoms with Gasteiger partial charge in [-0.15, -0.1) is 0 Å². The molecule has 0 aliphatic carbocycles. The molecule has 0 radical (unpaired) electrons. The van der Waals surface area contributed by atoms with Crippen molar-refractivity contribution in [2.45, 2.75) is 13.1 Å². The molecule has 0 aliphatic heterocycles. The molecule has 0 saturated heterocycles. The van der Waals surface area contributed by atoms with Crippen LogP contribution in [0.1, 0.15) is 11.3 Å². The highest BCUT2D eigenvalue weighted by Gasteiger charge is 2.02. The van der Waals surface area contributed by atoms with E-state index >= 15 is 0 Å². The summed E-state index contributed by atoms with van der Waals surface area (Å²) >= 11 is 0. The normalized spacial score (nSPS) is 10.9. The van der Waals surface area contributed by atoms with Crippen LogP contribution in [0.4, 0.5) is 0 Å². The molecule has 5 nitrogen and oxygen atoms in total. The van der Waals surface area contributed by atoms with Crippen LogP contribution in [-0.2, 0) is 13.1 Å². The predicted molar refractivity (Wildman–Crippen MR) is 67.8 cm³/mol. The average Bonchev–Trinajstić information content (AvgIpc) is 2.84. The molecule has 18 heavy (non-hydrogen) atoms. The minimum Gasteiger partial charge on any atom is -0.307 e. The second-order valence-electron chi connectivity index (χ2n) is 4.02. The van der Waals surface area contributed by atoms with Gasteiger partial charge in [-0.05, 0) is 24.3 Å². The number of rotatable bonds is 4. The van der Waals surface area contributed by atoms with E-state index < -0.39 is 0 Å². The fraction of sp³-hybridized carbons (Fsp3) is 0.154. The molecule has 3 rings (SSSR count). The minimum absolute atomic E-state index is 0.706. The van der Waals surface area contributed by atoms with Crippen LogP contribution in [0, 0.1) is 0 Å². The molecule has 3 heterocycles. The number of hydrogen-bond donors (Lipinski definition) is 1. The van der Waals surface area contributed by atoms with Crippen molar-refractivity contribution in [2.24, 2.45) is 0 Å². The second-order valence-corrected chi connectivity index (χ2v) is 4.02. The number of nitrogens with zero attached hydrogens (tertiary/aromatic N) is 4. The summed E-state index contributed by atoms with van der Waals surface area (Å²) in [6.07, 6.45) is 5.51. The van der Waals surface area contributed by atoms with Gasteiger partial charge >= 0.3 is 0 Å². The van der Waals surface area contributed by atoms with Crippen molar-refractivity contribution in [3.05, 3.63) is 60.2 Å². The Hall–Kier alpha value is -2.27. The summed E-state index contributed by atoms with van der Waals surface area (Å²) in [5.41, 5.74) is 3.25. The zero-order chi connectivity index (χ0) is 12.2. The van der Waals surface area contributed by atoms with Crippen LogP contribution < -0.4 is 5.32 Å². The Morgan fingerprint density at radius 3 is 3.00 bits per heavy atom. The number of fused-ring (bicyclic) bond motifs is 1. The van der Waals surface area contributed by atoms with E-state index in [-0.39, 0.29) is 0 Å². The minimum atomic E-state index is 0.706. The van der Waals surface area contributed by atoms with E-state index in [1.807, 2.05) is 41.2 Å². The molecule has 5 heteroatoms. The number of hydrogen-bond acceptors (Lipinski definition) is 4. The van der Waals surface area contributed by atoms with Crippen molar-refractivity contribution in [1.82, 2.24) is 25.1 Å². The lowest BCUT2D eigenvalue weighted by molar-refractivity contribution is 0.672. The van der Waals surface area contributed by atoms with Crippen LogP contribution in [-0.4, -0.2) is 19.8 Å². The van der Waals surface area contributed by atoms with Gasteiger partial charge in [0.1, 0.15) is 0 Å². The predicted octanol–water partition coefficient (Wildman–Crippen LogP) is 1.41. The van der Waals surface area contributed by atoms with Crippen LogP contribution in [0.3, 0.4) is 0 Å². The van der Waals surface area contributed by atoms with Gasteiger partial charge in [-0.1, -0.05) is 6.07 Å². The van der Waals surface area contributed by atoms with Crippen molar-refractivity contribution in [3.8, 4) is 0 Å². The van der Waals surface area contributed by atoms with Gasteiger partial charge in [0, 0.05) is 31.0 Å². The molecule has 0 spiro atoms. The van der Waals surface area contributed by atoms with Crippen LogP contribution in [0.5, 0.6) is 0 Å². The molecule has 3 aromatic rings. The van der Waals surface area contributed by atoms with Gasteiger partial charge in [0.25, 0.3) is 0 Å². The summed E-state index contributed by atoms with van der Waals surface area (Å²) in [7, 11) is 0. The maximum atomic E-state index is 4.29. The Labute approximate surface area is 104 Å². The highest BCUT2D eigenvalue weighted by Crippen LogP contribution is 2.09. The number of pyridine rings is 1. The standard InChI is InChI=1S/C13H13N5/c1-2-7-18-13(5-1)11(9-16-18)8-14-10-12-4-3-6-15-17-12/h1-7,9,14H,8,10H2. The van der Waals surface area contributed by atoms with E-state index in [0.717, 1.165) is 17.8 Å². The third-order valence-electron chi connectivity index (χ3n) is 2.76. The van der Waals surface area contributed by atoms with E-state index in [9.17, 15) is 0 Å². The molecule has 0 unspecified atom stereocenters. The van der Waals surface area contributed by atoms with Crippen LogP contribution in [0.25, 0.3) is 5.52 Å². The smallest absolute Gasteiger partial charge is 0.0769 e. The molecular weight excluding hydrogens is 226 g/mol. The molecule has 0 atom stereocenters. The molecule has 0 amide bonds. The highest BCUT2D eigenvalue weighted by molar-refractivity contribution is 5.53. The van der Waals surface area contributed by atoms with Gasteiger partial charge in [-0.3, -0.25) is 0 Å². The van der Waals surface area contributed by atoms with E-state index in [1.54, 1.807) is 6.20 Å². The van der Waals surface area contributed by atoms with Gasteiger partial charge in [-0.25, -0.2) is 4.52 Å². The van der Waals surface area contributed by atoms with Crippen molar-refractivity contribution in [1.29, 1.82) is 0 Å². The van der Waals surface area contributed by atoms with E-state index in [4.69, 9.17) is 0 Å². The zero-order valence-corrected chi connectivity index (χ0v) is 9.82. The lowest BCUT2D eigenvalue weighted by Crippen LogP contribution is -2.13. The Bertz CT molecular complexity index is 632. The van der Waals surface area contributed by atoms with Gasteiger partial charge in [0.2, 0.25) is 0 Å². The largest absolute Gasteiger partial charge is 0.307 e. The molecule has 3 aromatic heterocycles. The SMILES string of the molecule is c1cnnc(CNCc2cnn3ccccc23)c1. The quantitative estimate of drug-likeness (QED) is 0.748. The maximum absolute atomic E-state index is 4.29. The highest BCUT2D eigenvalue weighted by atomic mass is 15.2. The Morgan fingerprint density at radius 2 is 2.11 bits per heavy atom. The average molecular weight is 239 g/mol. The molecule has 1 N–H and O–H groups in total. The van der Waals surface area contributed by atoms with Crippen molar-refractivity contribution < 1.29 is 0 Å². The third-order valence-corrected chi connectivity index (χ3v) is 2.76. The first-order valence-corrected chi connectivity index (χ1v) is 5.82. The molecule has 0 saturated carbocycles. The zero-order valence-electron chi connectivity index (χ0n) is 9.82. The molecule has 90 valence electrons. The summed E-state index contributed by atoms with van der Waals surface area (Å²) in [6, 6.07) is 9.89. The fourth-order valence-corrected chi connectivity index (χ4v) is 1.88. The molecule has 0 bridgehead atoms.